The van der Waals surface area contributed by atoms with E-state index in [-0.39, 0.29) is 6.54 Å². The van der Waals surface area contributed by atoms with Crippen molar-refractivity contribution < 1.29 is 18.3 Å². The van der Waals surface area contributed by atoms with Gasteiger partial charge in [-0.1, -0.05) is 0 Å². The van der Waals surface area contributed by atoms with Gasteiger partial charge in [-0.05, 0) is 26.7 Å². The number of nitrogens with two attached hydrogens (primary N) is 1. The van der Waals surface area contributed by atoms with Gasteiger partial charge in [0.15, 0.2) is 0 Å². The molecule has 100 valence electrons. The summed E-state index contributed by atoms with van der Waals surface area (Å²) in [5, 5.41) is 8.57. The number of nitrogens with one attached hydrogen (secondary N) is 1. The molecule has 0 aliphatic carbocycles. The minimum Gasteiger partial charge on any atom is -0.480 e. The van der Waals surface area contributed by atoms with Crippen molar-refractivity contribution in [1.82, 2.24) is 9.03 Å². The van der Waals surface area contributed by atoms with Crippen LogP contribution in [0.1, 0.15) is 26.7 Å². The summed E-state index contributed by atoms with van der Waals surface area (Å²) in [7, 11) is -3.66. The molecule has 8 heteroatoms. The van der Waals surface area contributed by atoms with Crippen LogP contribution in [0.15, 0.2) is 0 Å². The van der Waals surface area contributed by atoms with E-state index in [1.165, 1.54) is 4.31 Å². The average molecular weight is 265 g/mol. The van der Waals surface area contributed by atoms with Crippen LogP contribution in [0, 0.1) is 0 Å². The van der Waals surface area contributed by atoms with Gasteiger partial charge in [0.05, 0.1) is 0 Å². The molecule has 1 unspecified atom stereocenters. The number of aliphatic carboxylic acids is 1. The summed E-state index contributed by atoms with van der Waals surface area (Å²) in [5.41, 5.74) is 4.81. The summed E-state index contributed by atoms with van der Waals surface area (Å²) in [4.78, 5) is 10.5. The van der Waals surface area contributed by atoms with E-state index in [4.69, 9.17) is 10.8 Å². The molecule has 1 aliphatic heterocycles. The van der Waals surface area contributed by atoms with Crippen LogP contribution >= 0.6 is 0 Å². The Bertz CT molecular complexity index is 393. The summed E-state index contributed by atoms with van der Waals surface area (Å²) in [5.74, 6) is -1.23. The van der Waals surface area contributed by atoms with Crippen LogP contribution in [0.2, 0.25) is 0 Å². The second kappa shape index (κ2) is 4.89. The largest absolute Gasteiger partial charge is 0.480 e. The zero-order valence-electron chi connectivity index (χ0n) is 10.0. The second-order valence-electron chi connectivity index (χ2n) is 4.79. The Morgan fingerprint density at radius 1 is 1.59 bits per heavy atom. The van der Waals surface area contributed by atoms with Crippen molar-refractivity contribution in [2.45, 2.75) is 38.3 Å². The first kappa shape index (κ1) is 14.4. The van der Waals surface area contributed by atoms with Crippen LogP contribution in [-0.2, 0) is 15.0 Å². The fourth-order valence-electron chi connectivity index (χ4n) is 1.89. The van der Waals surface area contributed by atoms with E-state index in [1.807, 2.05) is 13.8 Å². The van der Waals surface area contributed by atoms with E-state index in [1.54, 1.807) is 0 Å². The molecule has 0 amide bonds. The van der Waals surface area contributed by atoms with E-state index >= 15 is 0 Å². The molecule has 17 heavy (non-hydrogen) atoms. The average Bonchev–Trinajstić information content (AvgIpc) is 2.55. The molecule has 0 bridgehead atoms. The van der Waals surface area contributed by atoms with Crippen LogP contribution in [-0.4, -0.2) is 48.5 Å². The minimum absolute atomic E-state index is 0.301. The van der Waals surface area contributed by atoms with E-state index in [0.29, 0.717) is 6.54 Å². The maximum Gasteiger partial charge on any atom is 0.321 e. The van der Waals surface area contributed by atoms with Gasteiger partial charge < -0.3 is 10.8 Å². The molecule has 1 heterocycles. The molecule has 1 rings (SSSR count). The van der Waals surface area contributed by atoms with Crippen molar-refractivity contribution in [3.63, 3.8) is 0 Å². The lowest BCUT2D eigenvalue weighted by Gasteiger charge is -2.30. The highest BCUT2D eigenvalue weighted by molar-refractivity contribution is 7.87. The van der Waals surface area contributed by atoms with Crippen molar-refractivity contribution in [2.24, 2.45) is 5.73 Å². The number of hydrogen-bond acceptors (Lipinski definition) is 4. The van der Waals surface area contributed by atoms with Gasteiger partial charge in [-0.2, -0.15) is 17.4 Å². The van der Waals surface area contributed by atoms with Crippen LogP contribution in [0.25, 0.3) is 0 Å². The molecule has 1 fully saturated rings. The smallest absolute Gasteiger partial charge is 0.321 e. The molecule has 0 saturated carbocycles. The van der Waals surface area contributed by atoms with Gasteiger partial charge in [-0.3, -0.25) is 4.79 Å². The second-order valence-corrected chi connectivity index (χ2v) is 6.47. The standard InChI is InChI=1S/C9H19N3O4S/c1-9(2)4-3-5-12(9)17(15,16)11-6-7(10)8(13)14/h7,11H,3-6,10H2,1-2H3,(H,13,14). The molecule has 7 nitrogen and oxygen atoms in total. The lowest BCUT2D eigenvalue weighted by atomic mass is 10.0. The Labute approximate surface area is 101 Å². The van der Waals surface area contributed by atoms with E-state index in [9.17, 15) is 13.2 Å². The van der Waals surface area contributed by atoms with Crippen LogP contribution in [0.3, 0.4) is 0 Å². The highest BCUT2D eigenvalue weighted by Gasteiger charge is 2.40. The summed E-state index contributed by atoms with van der Waals surface area (Å²) < 4.78 is 27.5. The first-order chi connectivity index (χ1) is 7.67. The molecule has 0 aromatic rings. The molecule has 0 spiro atoms. The van der Waals surface area contributed by atoms with E-state index in [2.05, 4.69) is 4.72 Å². The Morgan fingerprint density at radius 2 is 2.18 bits per heavy atom. The molecule has 4 N–H and O–H groups in total. The molecule has 0 aromatic carbocycles. The maximum atomic E-state index is 11.9. The molecule has 1 saturated heterocycles. The van der Waals surface area contributed by atoms with Crippen molar-refractivity contribution in [1.29, 1.82) is 0 Å². The van der Waals surface area contributed by atoms with Crippen molar-refractivity contribution in [3.05, 3.63) is 0 Å². The summed E-state index contributed by atoms with van der Waals surface area (Å²) >= 11 is 0. The van der Waals surface area contributed by atoms with Crippen LogP contribution < -0.4 is 10.5 Å². The summed E-state index contributed by atoms with van der Waals surface area (Å²) in [6.07, 6.45) is 1.60. The SMILES string of the molecule is CC1(C)CCCN1S(=O)(=O)NCC(N)C(=O)O. The molecule has 0 aromatic heterocycles. The van der Waals surface area contributed by atoms with Gasteiger partial charge in [0.25, 0.3) is 10.2 Å². The maximum absolute atomic E-state index is 11.9. The van der Waals surface area contributed by atoms with Gasteiger partial charge in [0.1, 0.15) is 6.04 Å². The molecular formula is C9H19N3O4S. The highest BCUT2D eigenvalue weighted by atomic mass is 32.2. The zero-order chi connectivity index (χ0) is 13.3. The molecule has 1 atom stereocenters. The summed E-state index contributed by atoms with van der Waals surface area (Å²) in [6, 6.07) is -1.23. The lowest BCUT2D eigenvalue weighted by molar-refractivity contribution is -0.138. The highest BCUT2D eigenvalue weighted by Crippen LogP contribution is 2.30. The Kier molecular flexibility index (Phi) is 4.13. The van der Waals surface area contributed by atoms with Crippen molar-refractivity contribution in [3.8, 4) is 0 Å². The van der Waals surface area contributed by atoms with Gasteiger partial charge in [-0.15, -0.1) is 0 Å². The number of carboxylic acid groups (broad SMARTS) is 1. The number of nitrogens with zero attached hydrogens (tertiary/aromatic N) is 1. The third-order valence-electron chi connectivity index (χ3n) is 2.92. The normalized spacial score (nSPS) is 22.5. The molecule has 0 radical (unpaired) electrons. The summed E-state index contributed by atoms with van der Waals surface area (Å²) in [6.45, 7) is 3.83. The minimum atomic E-state index is -3.66. The van der Waals surface area contributed by atoms with Gasteiger partial charge in [0.2, 0.25) is 0 Å². The first-order valence-corrected chi connectivity index (χ1v) is 6.87. The zero-order valence-corrected chi connectivity index (χ0v) is 10.8. The van der Waals surface area contributed by atoms with Crippen molar-refractivity contribution in [2.75, 3.05) is 13.1 Å². The predicted molar refractivity (Wildman–Crippen MR) is 62.6 cm³/mol. The van der Waals surface area contributed by atoms with Gasteiger partial charge in [-0.25, -0.2) is 0 Å². The Balaban J connectivity index is 2.66. The topological polar surface area (TPSA) is 113 Å². The van der Waals surface area contributed by atoms with Crippen LogP contribution in [0.5, 0.6) is 0 Å². The first-order valence-electron chi connectivity index (χ1n) is 5.42. The number of rotatable bonds is 5. The van der Waals surface area contributed by atoms with E-state index in [0.717, 1.165) is 12.8 Å². The number of hydrogen-bond donors (Lipinski definition) is 3. The quantitative estimate of drug-likeness (QED) is 0.596. The van der Waals surface area contributed by atoms with Crippen LogP contribution in [0.4, 0.5) is 0 Å². The Morgan fingerprint density at radius 3 is 2.59 bits per heavy atom. The predicted octanol–water partition coefficient (Wildman–Crippen LogP) is -0.893. The van der Waals surface area contributed by atoms with Gasteiger partial charge >= 0.3 is 5.97 Å². The monoisotopic (exact) mass is 265 g/mol. The number of carboxylic acids is 1. The fourth-order valence-corrected chi connectivity index (χ4v) is 3.55. The van der Waals surface area contributed by atoms with Crippen molar-refractivity contribution >= 4 is 16.2 Å². The third kappa shape index (κ3) is 3.38. The van der Waals surface area contributed by atoms with E-state index < -0.39 is 27.8 Å². The number of carbonyl (C=O) groups is 1. The molecule has 1 aliphatic rings. The Hall–Kier alpha value is -0.700. The van der Waals surface area contributed by atoms with Gasteiger partial charge in [0, 0.05) is 18.6 Å². The third-order valence-corrected chi connectivity index (χ3v) is 4.71. The fraction of sp³-hybridized carbons (Fsp3) is 0.889. The lowest BCUT2D eigenvalue weighted by Crippen LogP contribution is -2.51. The molecular weight excluding hydrogens is 246 g/mol.